The van der Waals surface area contributed by atoms with Crippen LogP contribution >= 0.6 is 12.2 Å². The number of rotatable bonds is 5. The van der Waals surface area contributed by atoms with Gasteiger partial charge in [0.25, 0.3) is 11.8 Å². The molecule has 0 bridgehead atoms. The number of nitrogens with zero attached hydrogens (tertiary/aromatic N) is 2. The van der Waals surface area contributed by atoms with Gasteiger partial charge in [0.05, 0.1) is 5.56 Å². The summed E-state index contributed by atoms with van der Waals surface area (Å²) in [6.07, 6.45) is 0.954. The summed E-state index contributed by atoms with van der Waals surface area (Å²) in [5, 5.41) is 5.53. The number of anilines is 2. The van der Waals surface area contributed by atoms with Gasteiger partial charge >= 0.3 is 0 Å². The van der Waals surface area contributed by atoms with Gasteiger partial charge in [0.2, 0.25) is 0 Å². The molecule has 3 aromatic carbocycles. The number of carbonyl (C=O) groups is 2. The van der Waals surface area contributed by atoms with Crippen LogP contribution in [0, 0.1) is 5.82 Å². The summed E-state index contributed by atoms with van der Waals surface area (Å²) in [5.74, 6) is -1.14. The largest absolute Gasteiger partial charge is 0.368 e. The summed E-state index contributed by atoms with van der Waals surface area (Å²) in [5.41, 5.74) is 3.62. The molecule has 1 heterocycles. The first-order valence-electron chi connectivity index (χ1n) is 11.5. The number of hydrogen-bond donors (Lipinski definition) is 2. The van der Waals surface area contributed by atoms with Crippen LogP contribution in [0.2, 0.25) is 0 Å². The van der Waals surface area contributed by atoms with Gasteiger partial charge < -0.3 is 15.1 Å². The van der Waals surface area contributed by atoms with Crippen LogP contribution in [0.1, 0.15) is 33.2 Å². The van der Waals surface area contributed by atoms with Crippen molar-refractivity contribution in [3.63, 3.8) is 0 Å². The van der Waals surface area contributed by atoms with Crippen molar-refractivity contribution in [1.29, 1.82) is 0 Å². The second-order valence-electron chi connectivity index (χ2n) is 8.26. The Morgan fingerprint density at radius 1 is 0.914 bits per heavy atom. The molecular weight excluding hydrogens is 463 g/mol. The molecule has 0 aromatic heterocycles. The lowest BCUT2D eigenvalue weighted by molar-refractivity contribution is 0.0746. The van der Waals surface area contributed by atoms with Crippen LogP contribution in [0.5, 0.6) is 0 Å². The van der Waals surface area contributed by atoms with Crippen molar-refractivity contribution in [2.75, 3.05) is 36.4 Å². The molecule has 0 aliphatic carbocycles. The molecule has 0 radical (unpaired) electrons. The summed E-state index contributed by atoms with van der Waals surface area (Å²) >= 11 is 5.19. The topological polar surface area (TPSA) is 64.7 Å². The van der Waals surface area contributed by atoms with E-state index < -0.39 is 11.7 Å². The number of nitrogens with one attached hydrogen (secondary N) is 2. The minimum Gasteiger partial charge on any atom is -0.368 e. The zero-order chi connectivity index (χ0) is 24.8. The van der Waals surface area contributed by atoms with E-state index in [9.17, 15) is 14.0 Å². The lowest BCUT2D eigenvalue weighted by Gasteiger charge is -2.36. The fourth-order valence-corrected chi connectivity index (χ4v) is 4.18. The van der Waals surface area contributed by atoms with E-state index in [1.807, 2.05) is 53.4 Å². The highest BCUT2D eigenvalue weighted by molar-refractivity contribution is 7.80. The zero-order valence-corrected chi connectivity index (χ0v) is 20.3. The van der Waals surface area contributed by atoms with Gasteiger partial charge in [-0.3, -0.25) is 14.9 Å². The maximum atomic E-state index is 13.8. The third-order valence-corrected chi connectivity index (χ3v) is 6.22. The van der Waals surface area contributed by atoms with E-state index in [4.69, 9.17) is 12.2 Å². The molecular formula is C27H27FN4O2S. The normalized spacial score (nSPS) is 13.3. The molecule has 1 aliphatic rings. The first-order chi connectivity index (χ1) is 16.9. The Kier molecular flexibility index (Phi) is 7.72. The second kappa shape index (κ2) is 11.1. The van der Waals surface area contributed by atoms with Crippen molar-refractivity contribution in [2.45, 2.75) is 13.3 Å². The van der Waals surface area contributed by atoms with E-state index >= 15 is 0 Å². The van der Waals surface area contributed by atoms with Gasteiger partial charge in [0.15, 0.2) is 5.11 Å². The minimum absolute atomic E-state index is 0.0670. The lowest BCUT2D eigenvalue weighted by atomic mass is 10.1. The van der Waals surface area contributed by atoms with Crippen LogP contribution in [0.15, 0.2) is 72.8 Å². The molecule has 3 aromatic rings. The summed E-state index contributed by atoms with van der Waals surface area (Å²) < 4.78 is 13.8. The van der Waals surface area contributed by atoms with Crippen LogP contribution in [0.3, 0.4) is 0 Å². The number of amides is 2. The molecule has 2 N–H and O–H groups in total. The highest BCUT2D eigenvalue weighted by atomic mass is 32.1. The lowest BCUT2D eigenvalue weighted by Crippen LogP contribution is -2.48. The molecule has 0 saturated carbocycles. The number of aryl methyl sites for hydroxylation is 1. The Bertz CT molecular complexity index is 1210. The van der Waals surface area contributed by atoms with Gasteiger partial charge in [0, 0.05) is 43.1 Å². The summed E-state index contributed by atoms with van der Waals surface area (Å²) in [4.78, 5) is 29.1. The van der Waals surface area contributed by atoms with Gasteiger partial charge in [-0.1, -0.05) is 31.2 Å². The molecule has 1 saturated heterocycles. The van der Waals surface area contributed by atoms with Gasteiger partial charge in [-0.25, -0.2) is 4.39 Å². The van der Waals surface area contributed by atoms with E-state index in [0.717, 1.165) is 30.8 Å². The van der Waals surface area contributed by atoms with E-state index in [1.165, 1.54) is 23.8 Å². The Balaban J connectivity index is 1.28. The van der Waals surface area contributed by atoms with Gasteiger partial charge in [-0.15, -0.1) is 0 Å². The first-order valence-corrected chi connectivity index (χ1v) is 12.0. The number of halogens is 1. The molecule has 180 valence electrons. The van der Waals surface area contributed by atoms with Crippen LogP contribution in [0.25, 0.3) is 0 Å². The molecule has 0 unspecified atom stereocenters. The fraction of sp³-hybridized carbons (Fsp3) is 0.222. The van der Waals surface area contributed by atoms with E-state index in [2.05, 4.69) is 22.5 Å². The van der Waals surface area contributed by atoms with Crippen LogP contribution in [-0.4, -0.2) is 48.0 Å². The van der Waals surface area contributed by atoms with Crippen molar-refractivity contribution in [1.82, 2.24) is 10.2 Å². The molecule has 4 rings (SSSR count). The van der Waals surface area contributed by atoms with Crippen molar-refractivity contribution in [3.8, 4) is 0 Å². The van der Waals surface area contributed by atoms with Crippen molar-refractivity contribution < 1.29 is 14.0 Å². The summed E-state index contributed by atoms with van der Waals surface area (Å²) in [6.45, 7) is 4.88. The quantitative estimate of drug-likeness (QED) is 0.517. The van der Waals surface area contributed by atoms with E-state index in [-0.39, 0.29) is 16.6 Å². The predicted molar refractivity (Wildman–Crippen MR) is 140 cm³/mol. The highest BCUT2D eigenvalue weighted by Gasteiger charge is 2.22. The molecule has 0 atom stereocenters. The monoisotopic (exact) mass is 490 g/mol. The van der Waals surface area contributed by atoms with Crippen molar-refractivity contribution >= 4 is 40.5 Å². The minimum atomic E-state index is -0.606. The molecule has 6 nitrogen and oxygen atoms in total. The number of carbonyl (C=O) groups excluding carboxylic acids is 2. The molecule has 0 spiro atoms. The Labute approximate surface area is 209 Å². The first kappa shape index (κ1) is 24.3. The Hall–Kier alpha value is -3.78. The van der Waals surface area contributed by atoms with Crippen LogP contribution < -0.4 is 15.5 Å². The third-order valence-electron chi connectivity index (χ3n) is 6.01. The average molecular weight is 491 g/mol. The standard InChI is InChI=1S/C27H27FN4O2S/c1-2-19-7-9-20(10-8-19)26(34)32-17-15-31(16-18-32)22-13-11-21(12-14-22)29-27(35)30-25(33)23-5-3-4-6-24(23)28/h3-14H,2,15-18H2,1H3,(H2,29,30,33,35). The average Bonchev–Trinajstić information content (AvgIpc) is 2.89. The van der Waals surface area contributed by atoms with E-state index in [1.54, 1.807) is 6.07 Å². The zero-order valence-electron chi connectivity index (χ0n) is 19.5. The fourth-order valence-electron chi connectivity index (χ4n) is 3.97. The highest BCUT2D eigenvalue weighted by Crippen LogP contribution is 2.20. The third kappa shape index (κ3) is 6.02. The maximum Gasteiger partial charge on any atom is 0.260 e. The molecule has 35 heavy (non-hydrogen) atoms. The smallest absolute Gasteiger partial charge is 0.260 e. The Morgan fingerprint density at radius 3 is 2.20 bits per heavy atom. The molecule has 1 fully saturated rings. The molecule has 1 aliphatic heterocycles. The number of hydrogen-bond acceptors (Lipinski definition) is 4. The van der Waals surface area contributed by atoms with Gasteiger partial charge in [-0.05, 0) is 72.7 Å². The number of benzene rings is 3. The molecule has 2 amide bonds. The summed E-state index contributed by atoms with van der Waals surface area (Å²) in [7, 11) is 0. The number of thiocarbonyl (C=S) groups is 1. The second-order valence-corrected chi connectivity index (χ2v) is 8.67. The van der Waals surface area contributed by atoms with Crippen LogP contribution in [0.4, 0.5) is 15.8 Å². The van der Waals surface area contributed by atoms with E-state index in [0.29, 0.717) is 18.8 Å². The maximum absolute atomic E-state index is 13.8. The summed E-state index contributed by atoms with van der Waals surface area (Å²) in [6, 6.07) is 21.2. The predicted octanol–water partition coefficient (Wildman–Crippen LogP) is 4.48. The SMILES string of the molecule is CCc1ccc(C(=O)N2CCN(c3ccc(NC(=S)NC(=O)c4ccccc4F)cc3)CC2)cc1. The van der Waals surface area contributed by atoms with Crippen molar-refractivity contribution in [3.05, 3.63) is 95.3 Å². The van der Waals surface area contributed by atoms with Gasteiger partial charge in [0.1, 0.15) is 5.82 Å². The molecule has 8 heteroatoms. The van der Waals surface area contributed by atoms with Gasteiger partial charge in [-0.2, -0.15) is 0 Å². The van der Waals surface area contributed by atoms with Crippen molar-refractivity contribution in [2.24, 2.45) is 0 Å². The number of piperazine rings is 1. The Morgan fingerprint density at radius 2 is 1.57 bits per heavy atom. The van der Waals surface area contributed by atoms with Crippen LogP contribution in [-0.2, 0) is 6.42 Å².